The molecule has 6 atom stereocenters. The van der Waals surface area contributed by atoms with Gasteiger partial charge in [-0.3, -0.25) is 9.63 Å². The van der Waals surface area contributed by atoms with Crippen molar-refractivity contribution in [1.82, 2.24) is 20.2 Å². The second kappa shape index (κ2) is 14.8. The number of nitrogens with zero attached hydrogens (tertiary/aromatic N) is 3. The van der Waals surface area contributed by atoms with Crippen molar-refractivity contribution < 1.29 is 19.5 Å². The number of rotatable bonds is 12. The van der Waals surface area contributed by atoms with Crippen molar-refractivity contribution in [3.05, 3.63) is 53.1 Å². The van der Waals surface area contributed by atoms with Crippen molar-refractivity contribution in [1.29, 1.82) is 0 Å². The Bertz CT molecular complexity index is 1070. The van der Waals surface area contributed by atoms with E-state index in [0.29, 0.717) is 25.7 Å². The number of aliphatic hydroxyl groups is 1. The summed E-state index contributed by atoms with van der Waals surface area (Å²) in [5, 5.41) is 15.4. The predicted octanol–water partition coefficient (Wildman–Crippen LogP) is 3.97. The molecule has 2 fully saturated rings. The van der Waals surface area contributed by atoms with Crippen LogP contribution in [-0.2, 0) is 16.2 Å². The predicted molar refractivity (Wildman–Crippen MR) is 164 cm³/mol. The van der Waals surface area contributed by atoms with Gasteiger partial charge in [-0.1, -0.05) is 42.0 Å². The van der Waals surface area contributed by atoms with Gasteiger partial charge >= 0.3 is 0 Å². The van der Waals surface area contributed by atoms with Gasteiger partial charge in [-0.05, 0) is 85.1 Å². The Kier molecular flexibility index (Phi) is 11.4. The van der Waals surface area contributed by atoms with Gasteiger partial charge in [0.1, 0.15) is 5.75 Å². The van der Waals surface area contributed by atoms with Crippen LogP contribution in [0.25, 0.3) is 0 Å². The summed E-state index contributed by atoms with van der Waals surface area (Å²) in [4.78, 5) is 24.2. The topological polar surface area (TPSA) is 77.5 Å². The lowest BCUT2D eigenvalue weighted by molar-refractivity contribution is -0.127. The summed E-state index contributed by atoms with van der Waals surface area (Å²) in [7, 11) is 10.1. The van der Waals surface area contributed by atoms with E-state index in [-0.39, 0.29) is 29.7 Å². The molecule has 1 aliphatic heterocycles. The number of hydroxylamine groups is 2. The molecule has 8 heteroatoms. The molecule has 1 saturated carbocycles. The summed E-state index contributed by atoms with van der Waals surface area (Å²) in [6, 6.07) is 6.75. The number of methoxy groups -OCH3 is 1. The highest BCUT2D eigenvalue weighted by Crippen LogP contribution is 2.43. The zero-order chi connectivity index (χ0) is 29.5. The van der Waals surface area contributed by atoms with E-state index in [1.54, 1.807) is 7.11 Å². The first-order valence-electron chi connectivity index (χ1n) is 15.3. The molecule has 1 aromatic carbocycles. The molecular formula is C33H52N4O4. The number of para-hydroxylation sites is 1. The minimum Gasteiger partial charge on any atom is -0.496 e. The first-order valence-corrected chi connectivity index (χ1v) is 15.3. The molecule has 228 valence electrons. The fraction of sp³-hybridized carbons (Fsp3) is 0.667. The Balaban J connectivity index is 1.50. The minimum atomic E-state index is -0.394. The van der Waals surface area contributed by atoms with Gasteiger partial charge in [-0.25, -0.2) is 0 Å². The molecular weight excluding hydrogens is 516 g/mol. The molecule has 3 aliphatic rings. The summed E-state index contributed by atoms with van der Waals surface area (Å²) in [5.74, 6) is 1.32. The van der Waals surface area contributed by atoms with Crippen LogP contribution in [0.4, 0.5) is 0 Å². The van der Waals surface area contributed by atoms with Crippen LogP contribution >= 0.6 is 0 Å². The largest absolute Gasteiger partial charge is 0.496 e. The van der Waals surface area contributed by atoms with E-state index in [4.69, 9.17) is 9.57 Å². The highest BCUT2D eigenvalue weighted by atomic mass is 16.7. The minimum absolute atomic E-state index is 0.0660. The third-order valence-electron chi connectivity index (χ3n) is 8.98. The molecule has 0 radical (unpaired) electrons. The number of carbonyl (C=O) groups excluding carboxylic acids is 1. The second-order valence-electron chi connectivity index (χ2n) is 12.8. The third kappa shape index (κ3) is 8.64. The van der Waals surface area contributed by atoms with E-state index in [1.165, 1.54) is 11.1 Å². The molecule has 1 saturated heterocycles. The molecule has 0 bridgehead atoms. The number of carbonyl (C=O) groups is 1. The lowest BCUT2D eigenvalue weighted by Gasteiger charge is -2.39. The van der Waals surface area contributed by atoms with Crippen LogP contribution in [0.2, 0.25) is 0 Å². The number of likely N-dealkylation sites (N-methyl/N-ethyl adjacent to an activating group) is 1. The van der Waals surface area contributed by atoms with E-state index in [1.807, 2.05) is 12.0 Å². The maximum atomic E-state index is 13.9. The van der Waals surface area contributed by atoms with Crippen molar-refractivity contribution >= 4 is 5.91 Å². The molecule has 2 aliphatic carbocycles. The van der Waals surface area contributed by atoms with Crippen molar-refractivity contribution in [2.75, 3.05) is 55.0 Å². The van der Waals surface area contributed by atoms with Crippen LogP contribution < -0.4 is 10.1 Å². The summed E-state index contributed by atoms with van der Waals surface area (Å²) in [6.07, 6.45) is 12.1. The molecule has 0 aromatic heterocycles. The Morgan fingerprint density at radius 2 is 2.00 bits per heavy atom. The SMILES string of the molecule is COc1c(CN2CC([C@H](C)O)CO2)cccc1C1CC(C(=O)NC(CC2=CCCC=C2)CN(C)C)CC(N(C)C)C1. The average Bonchev–Trinajstić information content (AvgIpc) is 3.41. The third-order valence-corrected chi connectivity index (χ3v) is 8.98. The molecule has 1 amide bonds. The van der Waals surface area contributed by atoms with Gasteiger partial charge in [0.25, 0.3) is 0 Å². The highest BCUT2D eigenvalue weighted by Gasteiger charge is 2.37. The first kappa shape index (κ1) is 31.7. The smallest absolute Gasteiger partial charge is 0.223 e. The van der Waals surface area contributed by atoms with Gasteiger partial charge < -0.3 is 25.0 Å². The van der Waals surface area contributed by atoms with Crippen LogP contribution in [0, 0.1) is 11.8 Å². The number of nitrogens with one attached hydrogen (secondary N) is 1. The van der Waals surface area contributed by atoms with E-state index in [9.17, 15) is 9.90 Å². The van der Waals surface area contributed by atoms with Gasteiger partial charge in [0.05, 0.1) is 26.4 Å². The Labute approximate surface area is 247 Å². The molecule has 41 heavy (non-hydrogen) atoms. The maximum absolute atomic E-state index is 13.9. The summed E-state index contributed by atoms with van der Waals surface area (Å²) >= 11 is 0. The second-order valence-corrected chi connectivity index (χ2v) is 12.8. The molecule has 1 heterocycles. The zero-order valence-electron chi connectivity index (χ0n) is 26.0. The molecule has 0 spiro atoms. The Hall–Kier alpha value is -2.23. The normalized spacial score (nSPS) is 26.7. The average molecular weight is 569 g/mol. The standard InChI is InChI=1S/C33H52N4O4/c1-23(38)28-20-37(41-22-28)19-25-13-10-14-31(32(25)40-6)26-16-27(18-30(17-26)36(4)5)33(39)34-29(21-35(2)3)15-24-11-8-7-9-12-24/h8,10-14,23,26-30,38H,7,9,15-22H2,1-6H3,(H,34,39)/t23-,26?,27?,28?,29?,30?/m0/s1. The van der Waals surface area contributed by atoms with Gasteiger partial charge in [-0.15, -0.1) is 0 Å². The van der Waals surface area contributed by atoms with Crippen molar-refractivity contribution in [2.45, 2.75) is 76.1 Å². The highest BCUT2D eigenvalue weighted by molar-refractivity contribution is 5.79. The van der Waals surface area contributed by atoms with E-state index < -0.39 is 6.10 Å². The number of amides is 1. The summed E-state index contributed by atoms with van der Waals surface area (Å²) < 4.78 is 6.03. The van der Waals surface area contributed by atoms with Crippen LogP contribution in [0.1, 0.15) is 62.5 Å². The van der Waals surface area contributed by atoms with Gasteiger partial charge in [0.2, 0.25) is 5.91 Å². The summed E-state index contributed by atoms with van der Waals surface area (Å²) in [6.45, 7) is 4.47. The van der Waals surface area contributed by atoms with Crippen molar-refractivity contribution in [3.8, 4) is 5.75 Å². The number of hydrogen-bond acceptors (Lipinski definition) is 7. The monoisotopic (exact) mass is 568 g/mol. The lowest BCUT2D eigenvalue weighted by Crippen LogP contribution is -2.47. The number of hydrogen-bond donors (Lipinski definition) is 2. The number of benzene rings is 1. The molecule has 1 aromatic rings. The molecule has 8 nitrogen and oxygen atoms in total. The fourth-order valence-electron chi connectivity index (χ4n) is 6.66. The van der Waals surface area contributed by atoms with Crippen LogP contribution in [-0.4, -0.2) is 99.1 Å². The van der Waals surface area contributed by atoms with E-state index in [2.05, 4.69) is 79.7 Å². The van der Waals surface area contributed by atoms with Crippen LogP contribution in [0.15, 0.2) is 42.0 Å². The van der Waals surface area contributed by atoms with E-state index >= 15 is 0 Å². The van der Waals surface area contributed by atoms with Crippen LogP contribution in [0.5, 0.6) is 5.75 Å². The Morgan fingerprint density at radius 3 is 2.63 bits per heavy atom. The molecule has 2 N–H and O–H groups in total. The van der Waals surface area contributed by atoms with Crippen molar-refractivity contribution in [3.63, 3.8) is 0 Å². The first-order chi connectivity index (χ1) is 19.6. The fourth-order valence-corrected chi connectivity index (χ4v) is 6.66. The van der Waals surface area contributed by atoms with Gasteiger partial charge in [-0.2, -0.15) is 5.06 Å². The van der Waals surface area contributed by atoms with Gasteiger partial charge in [0.15, 0.2) is 0 Å². The van der Waals surface area contributed by atoms with Crippen molar-refractivity contribution in [2.24, 2.45) is 11.8 Å². The molecule has 4 rings (SSSR count). The quantitative estimate of drug-likeness (QED) is 0.395. The lowest BCUT2D eigenvalue weighted by atomic mass is 9.74. The zero-order valence-corrected chi connectivity index (χ0v) is 26.0. The Morgan fingerprint density at radius 1 is 1.20 bits per heavy atom. The summed E-state index contributed by atoms with van der Waals surface area (Å²) in [5.41, 5.74) is 3.56. The van der Waals surface area contributed by atoms with E-state index in [0.717, 1.165) is 56.4 Å². The van der Waals surface area contributed by atoms with Crippen LogP contribution in [0.3, 0.4) is 0 Å². The number of allylic oxidation sites excluding steroid dienone is 3. The van der Waals surface area contributed by atoms with Gasteiger partial charge in [0, 0.05) is 42.6 Å². The number of ether oxygens (including phenoxy) is 1. The number of aliphatic hydroxyl groups excluding tert-OH is 1. The molecule has 5 unspecified atom stereocenters. The maximum Gasteiger partial charge on any atom is 0.223 e.